The van der Waals surface area contributed by atoms with Crippen LogP contribution < -0.4 is 16.6 Å². The highest BCUT2D eigenvalue weighted by Crippen LogP contribution is 2.33. The van der Waals surface area contributed by atoms with E-state index in [1.54, 1.807) is 12.1 Å². The Labute approximate surface area is 143 Å². The number of thioether (sulfide) groups is 1. The maximum Gasteiger partial charge on any atom is 0.253 e. The highest BCUT2D eigenvalue weighted by atomic mass is 127. The van der Waals surface area contributed by atoms with Crippen molar-refractivity contribution in [1.29, 1.82) is 0 Å². The van der Waals surface area contributed by atoms with Crippen LogP contribution in [0.2, 0.25) is 0 Å². The molecule has 1 amide bonds. The van der Waals surface area contributed by atoms with E-state index in [0.717, 1.165) is 3.57 Å². The molecular formula is C14H11FIN3O2S. The van der Waals surface area contributed by atoms with Crippen LogP contribution in [0, 0.1) is 9.39 Å². The van der Waals surface area contributed by atoms with Crippen molar-refractivity contribution >= 4 is 51.6 Å². The van der Waals surface area contributed by atoms with Crippen molar-refractivity contribution in [3.63, 3.8) is 0 Å². The van der Waals surface area contributed by atoms with Crippen LogP contribution in [0.1, 0.15) is 10.4 Å². The van der Waals surface area contributed by atoms with Gasteiger partial charge in [0.05, 0.1) is 22.0 Å². The Hall–Kier alpha value is -1.55. The monoisotopic (exact) mass is 431 g/mol. The minimum atomic E-state index is -0.647. The summed E-state index contributed by atoms with van der Waals surface area (Å²) < 4.78 is 16.2. The molecule has 2 aromatic rings. The molecule has 2 heterocycles. The van der Waals surface area contributed by atoms with Crippen LogP contribution in [0.5, 0.6) is 0 Å². The van der Waals surface area contributed by atoms with Gasteiger partial charge >= 0.3 is 0 Å². The lowest BCUT2D eigenvalue weighted by molar-refractivity contribution is 0.0997. The smallest absolute Gasteiger partial charge is 0.253 e. The van der Waals surface area contributed by atoms with E-state index in [9.17, 15) is 14.0 Å². The molecule has 3 N–H and O–H groups in total. The average molecular weight is 431 g/mol. The number of benzene rings is 1. The van der Waals surface area contributed by atoms with Gasteiger partial charge in [0.1, 0.15) is 5.82 Å². The number of aromatic nitrogens is 1. The largest absolute Gasteiger partial charge is 0.365 e. The van der Waals surface area contributed by atoms with Gasteiger partial charge in [0, 0.05) is 21.9 Å². The van der Waals surface area contributed by atoms with E-state index in [1.165, 1.54) is 28.5 Å². The van der Waals surface area contributed by atoms with E-state index in [2.05, 4.69) is 5.32 Å². The van der Waals surface area contributed by atoms with Gasteiger partial charge in [-0.25, -0.2) is 4.39 Å². The fourth-order valence-corrected chi connectivity index (χ4v) is 3.90. The zero-order chi connectivity index (χ0) is 15.9. The zero-order valence-corrected chi connectivity index (χ0v) is 14.2. The standard InChI is InChI=1S/C14H11FIN3O2S/c15-8-5-7(16)1-2-9(8)18-10-6-11(20)19-3-4-22-14(19)12(10)13(17)21/h1-2,5-6,18H,3-4H2,(H2,17,21). The van der Waals surface area contributed by atoms with Crippen molar-refractivity contribution in [2.75, 3.05) is 11.1 Å². The Balaban J connectivity index is 2.13. The first-order valence-electron chi connectivity index (χ1n) is 6.40. The predicted molar refractivity (Wildman–Crippen MR) is 92.3 cm³/mol. The van der Waals surface area contributed by atoms with Crippen LogP contribution in [0.3, 0.4) is 0 Å². The minimum absolute atomic E-state index is 0.190. The average Bonchev–Trinajstić information content (AvgIpc) is 2.91. The fraction of sp³-hybridized carbons (Fsp3) is 0.143. The molecule has 1 aliphatic rings. The summed E-state index contributed by atoms with van der Waals surface area (Å²) in [6, 6.07) is 5.93. The van der Waals surface area contributed by atoms with Gasteiger partial charge in [0.2, 0.25) is 0 Å². The highest BCUT2D eigenvalue weighted by Gasteiger charge is 2.24. The molecule has 3 rings (SSSR count). The number of carbonyl (C=O) groups is 1. The van der Waals surface area contributed by atoms with E-state index in [0.29, 0.717) is 17.3 Å². The van der Waals surface area contributed by atoms with Crippen molar-refractivity contribution < 1.29 is 9.18 Å². The molecule has 0 saturated heterocycles. The summed E-state index contributed by atoms with van der Waals surface area (Å²) in [5, 5.41) is 3.35. The number of nitrogens with zero attached hydrogens (tertiary/aromatic N) is 1. The molecular weight excluding hydrogens is 420 g/mol. The number of rotatable bonds is 3. The number of primary amides is 1. The minimum Gasteiger partial charge on any atom is -0.365 e. The van der Waals surface area contributed by atoms with Crippen LogP contribution in [-0.4, -0.2) is 16.2 Å². The van der Waals surface area contributed by atoms with Gasteiger partial charge in [-0.3, -0.25) is 9.59 Å². The lowest BCUT2D eigenvalue weighted by Gasteiger charge is -2.14. The Kier molecular flexibility index (Phi) is 4.13. The van der Waals surface area contributed by atoms with Crippen LogP contribution in [0.4, 0.5) is 15.8 Å². The zero-order valence-electron chi connectivity index (χ0n) is 11.2. The van der Waals surface area contributed by atoms with Gasteiger partial charge in [-0.2, -0.15) is 0 Å². The summed E-state index contributed by atoms with van der Waals surface area (Å²) in [7, 11) is 0. The van der Waals surface area contributed by atoms with Gasteiger partial charge in [-0.05, 0) is 40.8 Å². The van der Waals surface area contributed by atoms with E-state index in [1.807, 2.05) is 22.6 Å². The van der Waals surface area contributed by atoms with Crippen LogP contribution in [0.15, 0.2) is 34.1 Å². The number of anilines is 2. The van der Waals surface area contributed by atoms with Crippen molar-refractivity contribution in [1.82, 2.24) is 4.57 Å². The third-order valence-electron chi connectivity index (χ3n) is 3.26. The Morgan fingerprint density at radius 2 is 2.14 bits per heavy atom. The Morgan fingerprint density at radius 1 is 1.36 bits per heavy atom. The second-order valence-corrected chi connectivity index (χ2v) is 7.02. The number of pyridine rings is 1. The predicted octanol–water partition coefficient (Wildman–Crippen LogP) is 2.54. The summed E-state index contributed by atoms with van der Waals surface area (Å²) in [6.45, 7) is 0.539. The molecule has 5 nitrogen and oxygen atoms in total. The van der Waals surface area contributed by atoms with E-state index in [4.69, 9.17) is 5.73 Å². The molecule has 1 aromatic heterocycles. The highest BCUT2D eigenvalue weighted by molar-refractivity contribution is 14.1. The molecule has 1 aromatic carbocycles. The molecule has 114 valence electrons. The summed E-state index contributed by atoms with van der Waals surface area (Å²) in [5.74, 6) is -0.404. The molecule has 1 aliphatic heterocycles. The second-order valence-electron chi connectivity index (χ2n) is 4.69. The SMILES string of the molecule is NC(=O)c1c(Nc2ccc(I)cc2F)cc(=O)n2c1SCC2. The molecule has 0 fully saturated rings. The summed E-state index contributed by atoms with van der Waals surface area (Å²) in [4.78, 5) is 23.9. The summed E-state index contributed by atoms with van der Waals surface area (Å²) in [6.07, 6.45) is 0. The maximum absolute atomic E-state index is 14.0. The number of carbonyl (C=O) groups excluding carboxylic acids is 1. The van der Waals surface area contributed by atoms with Gasteiger partial charge in [0.25, 0.3) is 11.5 Å². The number of hydrogen-bond acceptors (Lipinski definition) is 4. The quantitative estimate of drug-likeness (QED) is 0.733. The number of nitrogens with one attached hydrogen (secondary N) is 1. The van der Waals surface area contributed by atoms with Crippen molar-refractivity contribution in [3.8, 4) is 0 Å². The molecule has 0 radical (unpaired) electrons. The molecule has 0 saturated carbocycles. The van der Waals surface area contributed by atoms with E-state index < -0.39 is 11.7 Å². The van der Waals surface area contributed by atoms with Crippen molar-refractivity contribution in [3.05, 3.63) is 49.6 Å². The first-order valence-corrected chi connectivity index (χ1v) is 8.46. The van der Waals surface area contributed by atoms with Gasteiger partial charge < -0.3 is 15.6 Å². The second kappa shape index (κ2) is 5.92. The van der Waals surface area contributed by atoms with Crippen molar-refractivity contribution in [2.45, 2.75) is 11.6 Å². The first-order chi connectivity index (χ1) is 10.5. The van der Waals surface area contributed by atoms with E-state index >= 15 is 0 Å². The molecule has 22 heavy (non-hydrogen) atoms. The van der Waals surface area contributed by atoms with Crippen LogP contribution in [0.25, 0.3) is 0 Å². The van der Waals surface area contributed by atoms with Crippen LogP contribution in [-0.2, 0) is 6.54 Å². The lowest BCUT2D eigenvalue weighted by atomic mass is 10.2. The van der Waals surface area contributed by atoms with Gasteiger partial charge in [0.15, 0.2) is 0 Å². The first kappa shape index (κ1) is 15.3. The third kappa shape index (κ3) is 2.72. The van der Waals surface area contributed by atoms with Crippen LogP contribution >= 0.6 is 34.4 Å². The molecule has 8 heteroatoms. The number of hydrogen-bond donors (Lipinski definition) is 2. The topological polar surface area (TPSA) is 77.1 Å². The van der Waals surface area contributed by atoms with E-state index in [-0.39, 0.29) is 22.5 Å². The molecule has 0 bridgehead atoms. The van der Waals surface area contributed by atoms with Gasteiger partial charge in [-0.15, -0.1) is 11.8 Å². The van der Waals surface area contributed by atoms with Gasteiger partial charge in [-0.1, -0.05) is 0 Å². The fourth-order valence-electron chi connectivity index (χ4n) is 2.29. The molecule has 0 spiro atoms. The number of amides is 1. The summed E-state index contributed by atoms with van der Waals surface area (Å²) in [5.41, 5.74) is 5.86. The lowest BCUT2D eigenvalue weighted by Crippen LogP contribution is -2.24. The number of fused-ring (bicyclic) bond motifs is 1. The Morgan fingerprint density at radius 3 is 2.82 bits per heavy atom. The molecule has 0 aliphatic carbocycles. The maximum atomic E-state index is 14.0. The van der Waals surface area contributed by atoms with Crippen molar-refractivity contribution in [2.24, 2.45) is 5.73 Å². The number of nitrogens with two attached hydrogens (primary N) is 1. The number of halogens is 2. The molecule has 0 atom stereocenters. The normalized spacial score (nSPS) is 13.0. The third-order valence-corrected chi connectivity index (χ3v) is 5.02. The Bertz CT molecular complexity index is 838. The summed E-state index contributed by atoms with van der Waals surface area (Å²) >= 11 is 3.40. The molecule has 0 unspecified atom stereocenters.